The molecule has 0 spiro atoms. The van der Waals surface area contributed by atoms with Gasteiger partial charge in [0.05, 0.1) is 11.1 Å². The third kappa shape index (κ3) is 3.13. The van der Waals surface area contributed by atoms with Crippen molar-refractivity contribution in [1.29, 1.82) is 0 Å². The van der Waals surface area contributed by atoms with Gasteiger partial charge >= 0.3 is 0 Å². The van der Waals surface area contributed by atoms with Gasteiger partial charge in [-0.1, -0.05) is 37.2 Å². The quantitative estimate of drug-likeness (QED) is 0.879. The normalized spacial score (nSPS) is 19.6. The molecule has 1 N–H and O–H groups in total. The number of hydrogen-bond acceptors (Lipinski definition) is 3. The maximum Gasteiger partial charge on any atom is 0.161 e. The SMILES string of the molecule is CC(C)C1CSC(Nc2ccc(F)c(Cl)c2)=N1. The molecule has 1 unspecified atom stereocenters. The van der Waals surface area contributed by atoms with E-state index in [0.717, 1.165) is 16.6 Å². The minimum atomic E-state index is -0.404. The van der Waals surface area contributed by atoms with Gasteiger partial charge in [0, 0.05) is 11.4 Å². The molecule has 0 radical (unpaired) electrons. The average Bonchev–Trinajstić information content (AvgIpc) is 2.72. The summed E-state index contributed by atoms with van der Waals surface area (Å²) in [6.45, 7) is 4.32. The van der Waals surface area contributed by atoms with Crippen LogP contribution in [0.2, 0.25) is 5.02 Å². The summed E-state index contributed by atoms with van der Waals surface area (Å²) in [5.41, 5.74) is 0.770. The third-order valence-electron chi connectivity index (χ3n) is 2.61. The summed E-state index contributed by atoms with van der Waals surface area (Å²) in [6, 6.07) is 4.94. The van der Waals surface area contributed by atoms with Crippen LogP contribution in [-0.4, -0.2) is 17.0 Å². The molecule has 0 aliphatic carbocycles. The molecular formula is C12H14ClFN2S. The lowest BCUT2D eigenvalue weighted by Gasteiger charge is -2.08. The third-order valence-corrected chi connectivity index (χ3v) is 3.89. The van der Waals surface area contributed by atoms with Crippen molar-refractivity contribution in [3.8, 4) is 0 Å². The molecule has 0 saturated heterocycles. The molecule has 92 valence electrons. The maximum absolute atomic E-state index is 13.0. The molecule has 1 atom stereocenters. The fraction of sp³-hybridized carbons (Fsp3) is 0.417. The Bertz CT molecular complexity index is 448. The van der Waals surface area contributed by atoms with Gasteiger partial charge in [0.2, 0.25) is 0 Å². The molecule has 0 fully saturated rings. The predicted molar refractivity (Wildman–Crippen MR) is 73.6 cm³/mol. The van der Waals surface area contributed by atoms with E-state index < -0.39 is 5.82 Å². The van der Waals surface area contributed by atoms with E-state index in [-0.39, 0.29) is 5.02 Å². The standard InChI is InChI=1S/C12H14ClFN2S/c1-7(2)11-6-17-12(16-11)15-8-3-4-10(14)9(13)5-8/h3-5,7,11H,6H2,1-2H3,(H,15,16). The smallest absolute Gasteiger partial charge is 0.161 e. The van der Waals surface area contributed by atoms with E-state index in [9.17, 15) is 4.39 Å². The van der Waals surface area contributed by atoms with Crippen molar-refractivity contribution < 1.29 is 4.39 Å². The molecule has 1 aliphatic heterocycles. The highest BCUT2D eigenvalue weighted by Gasteiger charge is 2.21. The van der Waals surface area contributed by atoms with Gasteiger partial charge in [-0.15, -0.1) is 0 Å². The minimum absolute atomic E-state index is 0.124. The topological polar surface area (TPSA) is 24.4 Å². The van der Waals surface area contributed by atoms with Crippen LogP contribution in [0.4, 0.5) is 10.1 Å². The van der Waals surface area contributed by atoms with Gasteiger partial charge in [0.15, 0.2) is 5.17 Å². The first-order valence-corrected chi connectivity index (χ1v) is 6.85. The first-order valence-electron chi connectivity index (χ1n) is 5.49. The minimum Gasteiger partial charge on any atom is -0.335 e. The molecule has 0 amide bonds. The molecule has 0 bridgehead atoms. The zero-order valence-electron chi connectivity index (χ0n) is 9.71. The van der Waals surface area contributed by atoms with Gasteiger partial charge in [-0.25, -0.2) is 4.39 Å². The Balaban J connectivity index is 2.06. The molecule has 1 aliphatic rings. The lowest BCUT2D eigenvalue weighted by molar-refractivity contribution is 0.543. The zero-order valence-corrected chi connectivity index (χ0v) is 11.3. The second kappa shape index (κ2) is 5.27. The van der Waals surface area contributed by atoms with Crippen LogP contribution in [0.25, 0.3) is 0 Å². The Morgan fingerprint density at radius 3 is 2.88 bits per heavy atom. The summed E-state index contributed by atoms with van der Waals surface area (Å²) in [6.07, 6.45) is 0. The van der Waals surface area contributed by atoms with Gasteiger partial charge in [0.25, 0.3) is 0 Å². The molecule has 1 aromatic carbocycles. The van der Waals surface area contributed by atoms with Crippen molar-refractivity contribution in [3.63, 3.8) is 0 Å². The Morgan fingerprint density at radius 1 is 1.53 bits per heavy atom. The van der Waals surface area contributed by atoms with E-state index in [1.54, 1.807) is 23.9 Å². The second-order valence-corrected chi connectivity index (χ2v) is 5.73. The maximum atomic E-state index is 13.0. The summed E-state index contributed by atoms with van der Waals surface area (Å²) < 4.78 is 13.0. The number of thioether (sulfide) groups is 1. The number of hydrogen-bond donors (Lipinski definition) is 1. The first kappa shape index (κ1) is 12.7. The lowest BCUT2D eigenvalue weighted by atomic mass is 10.1. The van der Waals surface area contributed by atoms with E-state index in [4.69, 9.17) is 11.6 Å². The van der Waals surface area contributed by atoms with Crippen LogP contribution < -0.4 is 5.32 Å². The monoisotopic (exact) mass is 272 g/mol. The van der Waals surface area contributed by atoms with Crippen molar-refractivity contribution in [3.05, 3.63) is 29.0 Å². The van der Waals surface area contributed by atoms with Crippen molar-refractivity contribution >= 4 is 34.2 Å². The van der Waals surface area contributed by atoms with E-state index in [0.29, 0.717) is 12.0 Å². The van der Waals surface area contributed by atoms with Gasteiger partial charge in [-0.2, -0.15) is 0 Å². The molecule has 17 heavy (non-hydrogen) atoms. The Hall–Kier alpha value is -0.740. The number of benzene rings is 1. The lowest BCUT2D eigenvalue weighted by Crippen LogP contribution is -2.12. The highest BCUT2D eigenvalue weighted by Crippen LogP contribution is 2.26. The number of nitrogens with zero attached hydrogens (tertiary/aromatic N) is 1. The van der Waals surface area contributed by atoms with Gasteiger partial charge < -0.3 is 5.32 Å². The van der Waals surface area contributed by atoms with Crippen LogP contribution in [0.5, 0.6) is 0 Å². The Labute approximate surface area is 110 Å². The van der Waals surface area contributed by atoms with Crippen LogP contribution in [0.3, 0.4) is 0 Å². The largest absolute Gasteiger partial charge is 0.335 e. The molecular weight excluding hydrogens is 259 g/mol. The Kier molecular flexibility index (Phi) is 3.94. The molecule has 2 nitrogen and oxygen atoms in total. The number of aliphatic imine (C=N–C) groups is 1. The Morgan fingerprint density at radius 2 is 2.29 bits per heavy atom. The van der Waals surface area contributed by atoms with Gasteiger partial charge in [-0.05, 0) is 24.1 Å². The highest BCUT2D eigenvalue weighted by molar-refractivity contribution is 8.14. The fourth-order valence-electron chi connectivity index (χ4n) is 1.50. The molecule has 1 aromatic rings. The van der Waals surface area contributed by atoms with Crippen LogP contribution in [0.15, 0.2) is 23.2 Å². The number of rotatable bonds is 2. The summed E-state index contributed by atoms with van der Waals surface area (Å²) >= 11 is 7.40. The summed E-state index contributed by atoms with van der Waals surface area (Å²) in [5.74, 6) is 1.13. The van der Waals surface area contributed by atoms with Crippen molar-refractivity contribution in [1.82, 2.24) is 0 Å². The first-order chi connectivity index (χ1) is 8.06. The fourth-order valence-corrected chi connectivity index (χ4v) is 2.87. The van der Waals surface area contributed by atoms with E-state index >= 15 is 0 Å². The molecule has 0 saturated carbocycles. The molecule has 1 heterocycles. The van der Waals surface area contributed by atoms with Crippen molar-refractivity contribution in [2.45, 2.75) is 19.9 Å². The zero-order chi connectivity index (χ0) is 12.4. The summed E-state index contributed by atoms with van der Waals surface area (Å²) in [5, 5.41) is 4.16. The van der Waals surface area contributed by atoms with E-state index in [1.165, 1.54) is 6.07 Å². The van der Waals surface area contributed by atoms with E-state index in [2.05, 4.69) is 24.2 Å². The van der Waals surface area contributed by atoms with Gasteiger partial charge in [-0.3, -0.25) is 4.99 Å². The molecule has 2 rings (SSSR count). The van der Waals surface area contributed by atoms with Crippen LogP contribution in [0.1, 0.15) is 13.8 Å². The van der Waals surface area contributed by atoms with Crippen molar-refractivity contribution in [2.75, 3.05) is 11.1 Å². The van der Waals surface area contributed by atoms with Crippen LogP contribution in [0, 0.1) is 11.7 Å². The number of nitrogens with one attached hydrogen (secondary N) is 1. The molecule has 0 aromatic heterocycles. The predicted octanol–water partition coefficient (Wildman–Crippen LogP) is 4.02. The summed E-state index contributed by atoms with van der Waals surface area (Å²) in [7, 11) is 0. The van der Waals surface area contributed by atoms with E-state index in [1.807, 2.05) is 0 Å². The second-order valence-electron chi connectivity index (χ2n) is 4.31. The number of amidine groups is 1. The van der Waals surface area contributed by atoms with Gasteiger partial charge in [0.1, 0.15) is 5.82 Å². The summed E-state index contributed by atoms with van der Waals surface area (Å²) in [4.78, 5) is 4.57. The highest BCUT2D eigenvalue weighted by atomic mass is 35.5. The molecule has 5 heteroatoms. The number of anilines is 1. The van der Waals surface area contributed by atoms with Crippen LogP contribution >= 0.6 is 23.4 Å². The van der Waals surface area contributed by atoms with Crippen molar-refractivity contribution in [2.24, 2.45) is 10.9 Å². The average molecular weight is 273 g/mol. The van der Waals surface area contributed by atoms with Crippen LogP contribution in [-0.2, 0) is 0 Å². The number of halogens is 2.